The van der Waals surface area contributed by atoms with Crippen LogP contribution in [-0.2, 0) is 0 Å². The van der Waals surface area contributed by atoms with Gasteiger partial charge in [-0.2, -0.15) is 5.26 Å². The van der Waals surface area contributed by atoms with Crippen LogP contribution in [0.5, 0.6) is 0 Å². The molecule has 2 rings (SSSR count). The fourth-order valence-electron chi connectivity index (χ4n) is 1.61. The molecule has 2 aromatic carbocycles. The number of halogens is 2. The molecule has 1 amide bonds. The van der Waals surface area contributed by atoms with Crippen molar-refractivity contribution in [2.75, 3.05) is 11.1 Å². The molecule has 0 unspecified atom stereocenters. The van der Waals surface area contributed by atoms with Crippen molar-refractivity contribution in [1.82, 2.24) is 0 Å². The lowest BCUT2D eigenvalue weighted by Gasteiger charge is -2.10. The van der Waals surface area contributed by atoms with Gasteiger partial charge in [0.15, 0.2) is 0 Å². The Balaban J connectivity index is 2.28. The van der Waals surface area contributed by atoms with E-state index in [0.717, 1.165) is 4.47 Å². The van der Waals surface area contributed by atoms with E-state index in [1.165, 1.54) is 6.07 Å². The highest BCUT2D eigenvalue weighted by molar-refractivity contribution is 9.11. The number of nitrogen functional groups attached to an aromatic ring is 1. The molecule has 2 aromatic rings. The van der Waals surface area contributed by atoms with Crippen LogP contribution >= 0.6 is 31.9 Å². The van der Waals surface area contributed by atoms with E-state index < -0.39 is 0 Å². The van der Waals surface area contributed by atoms with Crippen molar-refractivity contribution in [2.45, 2.75) is 0 Å². The smallest absolute Gasteiger partial charge is 0.256 e. The van der Waals surface area contributed by atoms with E-state index in [2.05, 4.69) is 37.2 Å². The van der Waals surface area contributed by atoms with Crippen molar-refractivity contribution >= 4 is 49.1 Å². The van der Waals surface area contributed by atoms with Crippen molar-refractivity contribution in [3.63, 3.8) is 0 Å². The third-order valence-electron chi connectivity index (χ3n) is 2.60. The van der Waals surface area contributed by atoms with Crippen molar-refractivity contribution in [3.05, 3.63) is 56.5 Å². The molecule has 0 aliphatic rings. The van der Waals surface area contributed by atoms with Crippen LogP contribution in [-0.4, -0.2) is 5.91 Å². The third kappa shape index (κ3) is 3.18. The number of rotatable bonds is 2. The fraction of sp³-hybridized carbons (Fsp3) is 0. The second kappa shape index (κ2) is 6.07. The molecule has 0 aliphatic heterocycles. The Hall–Kier alpha value is -1.84. The summed E-state index contributed by atoms with van der Waals surface area (Å²) in [5.74, 6) is -0.283. The largest absolute Gasteiger partial charge is 0.397 e. The zero-order chi connectivity index (χ0) is 14.7. The second-order valence-electron chi connectivity index (χ2n) is 3.99. The van der Waals surface area contributed by atoms with Gasteiger partial charge in [0.25, 0.3) is 5.91 Å². The Bertz CT molecular complexity index is 723. The van der Waals surface area contributed by atoms with Gasteiger partial charge in [-0.25, -0.2) is 0 Å². The Morgan fingerprint density at radius 1 is 1.20 bits per heavy atom. The maximum atomic E-state index is 12.2. The standard InChI is InChI=1S/C14H9Br2N3O/c15-9-2-3-11(16)10(6-9)14(20)19-13-4-1-8(7-17)5-12(13)18/h1-6H,18H2,(H,19,20). The van der Waals surface area contributed by atoms with Crippen molar-refractivity contribution < 1.29 is 4.79 Å². The van der Waals surface area contributed by atoms with Gasteiger partial charge in [0.1, 0.15) is 0 Å². The summed E-state index contributed by atoms with van der Waals surface area (Å²) >= 11 is 6.65. The average Bonchev–Trinajstić information content (AvgIpc) is 2.43. The Labute approximate surface area is 132 Å². The normalized spacial score (nSPS) is 9.85. The van der Waals surface area contributed by atoms with Crippen LogP contribution < -0.4 is 11.1 Å². The van der Waals surface area contributed by atoms with Gasteiger partial charge in [0.05, 0.1) is 28.6 Å². The van der Waals surface area contributed by atoms with Gasteiger partial charge in [-0.1, -0.05) is 15.9 Å². The first-order chi connectivity index (χ1) is 9.51. The third-order valence-corrected chi connectivity index (χ3v) is 3.79. The number of hydrogen-bond acceptors (Lipinski definition) is 3. The molecular weight excluding hydrogens is 386 g/mol. The van der Waals surface area contributed by atoms with Gasteiger partial charge in [-0.15, -0.1) is 0 Å². The van der Waals surface area contributed by atoms with E-state index in [0.29, 0.717) is 27.0 Å². The molecular formula is C14H9Br2N3O. The zero-order valence-corrected chi connectivity index (χ0v) is 13.3. The van der Waals surface area contributed by atoms with Gasteiger partial charge in [-0.3, -0.25) is 4.79 Å². The molecule has 6 heteroatoms. The number of nitriles is 1. The lowest BCUT2D eigenvalue weighted by atomic mass is 10.1. The number of nitrogens with zero attached hydrogens (tertiary/aromatic N) is 1. The molecule has 0 fully saturated rings. The molecule has 0 aromatic heterocycles. The van der Waals surface area contributed by atoms with E-state index >= 15 is 0 Å². The summed E-state index contributed by atoms with van der Waals surface area (Å²) in [6, 6.07) is 12.0. The summed E-state index contributed by atoms with van der Waals surface area (Å²) in [6.07, 6.45) is 0. The van der Waals surface area contributed by atoms with Crippen molar-refractivity contribution in [3.8, 4) is 6.07 Å². The van der Waals surface area contributed by atoms with Gasteiger partial charge in [-0.05, 0) is 52.3 Å². The maximum absolute atomic E-state index is 12.2. The summed E-state index contributed by atoms with van der Waals surface area (Å²) in [6.45, 7) is 0. The van der Waals surface area contributed by atoms with E-state index in [-0.39, 0.29) is 5.91 Å². The predicted molar refractivity (Wildman–Crippen MR) is 85.4 cm³/mol. The molecule has 0 aliphatic carbocycles. The minimum atomic E-state index is -0.283. The van der Waals surface area contributed by atoms with Gasteiger partial charge < -0.3 is 11.1 Å². The first-order valence-corrected chi connectivity index (χ1v) is 7.16. The molecule has 100 valence electrons. The average molecular weight is 395 g/mol. The molecule has 0 bridgehead atoms. The first-order valence-electron chi connectivity index (χ1n) is 5.57. The minimum absolute atomic E-state index is 0.283. The monoisotopic (exact) mass is 393 g/mol. The van der Waals surface area contributed by atoms with Gasteiger partial charge in [0.2, 0.25) is 0 Å². The molecule has 0 saturated carbocycles. The highest BCUT2D eigenvalue weighted by Gasteiger charge is 2.12. The Morgan fingerprint density at radius 2 is 1.95 bits per heavy atom. The lowest BCUT2D eigenvalue weighted by molar-refractivity contribution is 0.102. The van der Waals surface area contributed by atoms with Crippen molar-refractivity contribution in [2.24, 2.45) is 0 Å². The molecule has 0 saturated heterocycles. The predicted octanol–water partition coefficient (Wildman–Crippen LogP) is 3.92. The topological polar surface area (TPSA) is 78.9 Å². The molecule has 0 radical (unpaired) electrons. The quantitative estimate of drug-likeness (QED) is 0.757. The number of benzene rings is 2. The number of amides is 1. The molecule has 3 N–H and O–H groups in total. The van der Waals surface area contributed by atoms with Crippen LogP contribution in [0.1, 0.15) is 15.9 Å². The Kier molecular flexibility index (Phi) is 4.42. The number of nitrogens with two attached hydrogens (primary N) is 1. The highest BCUT2D eigenvalue weighted by Crippen LogP contribution is 2.24. The first kappa shape index (κ1) is 14.6. The molecule has 20 heavy (non-hydrogen) atoms. The molecule has 0 spiro atoms. The van der Waals surface area contributed by atoms with Crippen LogP contribution in [0.25, 0.3) is 0 Å². The molecule has 4 nitrogen and oxygen atoms in total. The molecule has 0 heterocycles. The van der Waals surface area contributed by atoms with E-state index in [4.69, 9.17) is 11.0 Å². The van der Waals surface area contributed by atoms with Crippen LogP contribution in [0, 0.1) is 11.3 Å². The highest BCUT2D eigenvalue weighted by atomic mass is 79.9. The van der Waals surface area contributed by atoms with Gasteiger partial charge in [0, 0.05) is 8.95 Å². The zero-order valence-electron chi connectivity index (χ0n) is 10.2. The summed E-state index contributed by atoms with van der Waals surface area (Å²) in [7, 11) is 0. The number of hydrogen-bond donors (Lipinski definition) is 2. The Morgan fingerprint density at radius 3 is 2.60 bits per heavy atom. The number of anilines is 2. The van der Waals surface area contributed by atoms with Crippen LogP contribution in [0.4, 0.5) is 11.4 Å². The van der Waals surface area contributed by atoms with E-state index in [1.807, 2.05) is 12.1 Å². The second-order valence-corrected chi connectivity index (χ2v) is 5.76. The number of nitrogens with one attached hydrogen (secondary N) is 1. The van der Waals surface area contributed by atoms with E-state index in [9.17, 15) is 4.79 Å². The van der Waals surface area contributed by atoms with Crippen molar-refractivity contribution in [1.29, 1.82) is 5.26 Å². The number of carbonyl (C=O) groups is 1. The van der Waals surface area contributed by atoms with Crippen LogP contribution in [0.15, 0.2) is 45.3 Å². The minimum Gasteiger partial charge on any atom is -0.397 e. The van der Waals surface area contributed by atoms with E-state index in [1.54, 1.807) is 24.3 Å². The molecule has 0 atom stereocenters. The fourth-order valence-corrected chi connectivity index (χ4v) is 2.40. The SMILES string of the molecule is N#Cc1ccc(NC(=O)c2cc(Br)ccc2Br)c(N)c1. The van der Waals surface area contributed by atoms with Crippen LogP contribution in [0.2, 0.25) is 0 Å². The summed E-state index contributed by atoms with van der Waals surface area (Å²) in [4.78, 5) is 12.2. The van der Waals surface area contributed by atoms with Crippen LogP contribution in [0.3, 0.4) is 0 Å². The summed E-state index contributed by atoms with van der Waals surface area (Å²) < 4.78 is 1.49. The summed E-state index contributed by atoms with van der Waals surface area (Å²) in [5.41, 5.74) is 7.57. The summed E-state index contributed by atoms with van der Waals surface area (Å²) in [5, 5.41) is 11.5. The van der Waals surface area contributed by atoms with Gasteiger partial charge >= 0.3 is 0 Å². The maximum Gasteiger partial charge on any atom is 0.256 e. The number of carbonyl (C=O) groups excluding carboxylic acids is 1. The lowest BCUT2D eigenvalue weighted by Crippen LogP contribution is -2.14.